The van der Waals surface area contributed by atoms with E-state index in [0.29, 0.717) is 0 Å². The summed E-state index contributed by atoms with van der Waals surface area (Å²) in [5.74, 6) is 2.09. The van der Waals surface area contributed by atoms with Crippen LogP contribution in [-0.2, 0) is 13.0 Å². The zero-order valence-electron chi connectivity index (χ0n) is 12.9. The average molecular weight is 271 g/mol. The van der Waals surface area contributed by atoms with Crippen LogP contribution in [0, 0.1) is 11.8 Å². The molecule has 110 valence electrons. The molecule has 1 aromatic carbocycles. The molecule has 1 nitrogen and oxygen atoms in total. The summed E-state index contributed by atoms with van der Waals surface area (Å²) in [6, 6.07) is 9.89. The van der Waals surface area contributed by atoms with Gasteiger partial charge >= 0.3 is 0 Å². The summed E-state index contributed by atoms with van der Waals surface area (Å²) in [5.41, 5.74) is 2.88. The lowest BCUT2D eigenvalue weighted by Gasteiger charge is -2.39. The summed E-state index contributed by atoms with van der Waals surface area (Å²) in [7, 11) is 0. The second kappa shape index (κ2) is 6.76. The number of benzene rings is 1. The Morgan fingerprint density at radius 2 is 1.60 bits per heavy atom. The van der Waals surface area contributed by atoms with Crippen molar-refractivity contribution in [1.82, 2.24) is 5.32 Å². The van der Waals surface area contributed by atoms with Crippen LogP contribution in [0.3, 0.4) is 0 Å². The van der Waals surface area contributed by atoms with Crippen molar-refractivity contribution >= 4 is 0 Å². The van der Waals surface area contributed by atoms with Crippen molar-refractivity contribution in [3.63, 3.8) is 0 Å². The number of hydrogen-bond acceptors (Lipinski definition) is 1. The first-order valence-electron chi connectivity index (χ1n) is 8.66. The molecular weight excluding hydrogens is 242 g/mol. The lowest BCUT2D eigenvalue weighted by molar-refractivity contribution is 0.143. The van der Waals surface area contributed by atoms with E-state index < -0.39 is 0 Å². The van der Waals surface area contributed by atoms with Gasteiger partial charge in [0.2, 0.25) is 0 Å². The third kappa shape index (κ3) is 3.44. The Labute approximate surface area is 124 Å². The molecule has 3 rings (SSSR count). The second-order valence-corrected chi connectivity index (χ2v) is 6.87. The molecule has 1 N–H and O–H groups in total. The minimum atomic E-state index is 0.764. The number of fused-ring (bicyclic) bond motifs is 1. The molecule has 1 aromatic rings. The van der Waals surface area contributed by atoms with Gasteiger partial charge in [-0.15, -0.1) is 0 Å². The van der Waals surface area contributed by atoms with E-state index >= 15 is 0 Å². The standard InChI is InChI=1S/C19H29N/c1-2-15-7-9-16(10-8-15)14-20-19-12-11-17-5-3-4-6-18(17)13-19/h7-10,17-20H,2-6,11-14H2,1H3. The van der Waals surface area contributed by atoms with Gasteiger partial charge in [-0.2, -0.15) is 0 Å². The SMILES string of the molecule is CCc1ccc(CNC2CCC3CCCCC3C2)cc1. The molecule has 0 heterocycles. The van der Waals surface area contributed by atoms with E-state index in [1.807, 2.05) is 0 Å². The number of nitrogens with one attached hydrogen (secondary N) is 1. The number of rotatable bonds is 4. The van der Waals surface area contributed by atoms with E-state index in [4.69, 9.17) is 0 Å². The predicted molar refractivity (Wildman–Crippen MR) is 85.7 cm³/mol. The maximum absolute atomic E-state index is 3.81. The topological polar surface area (TPSA) is 12.0 Å². The highest BCUT2D eigenvalue weighted by molar-refractivity contribution is 5.22. The lowest BCUT2D eigenvalue weighted by Crippen LogP contribution is -2.38. The quantitative estimate of drug-likeness (QED) is 0.837. The molecule has 3 unspecified atom stereocenters. The Morgan fingerprint density at radius 3 is 2.35 bits per heavy atom. The molecule has 0 saturated heterocycles. The molecule has 0 amide bonds. The fourth-order valence-corrected chi connectivity index (χ4v) is 4.21. The van der Waals surface area contributed by atoms with Crippen LogP contribution in [0.15, 0.2) is 24.3 Å². The van der Waals surface area contributed by atoms with Gasteiger partial charge < -0.3 is 5.32 Å². The fraction of sp³-hybridized carbons (Fsp3) is 0.684. The van der Waals surface area contributed by atoms with Crippen molar-refractivity contribution in [3.05, 3.63) is 35.4 Å². The monoisotopic (exact) mass is 271 g/mol. The van der Waals surface area contributed by atoms with Gasteiger partial charge in [-0.1, -0.05) is 56.9 Å². The molecule has 0 spiro atoms. The predicted octanol–water partition coefficient (Wildman–Crippen LogP) is 4.70. The van der Waals surface area contributed by atoms with Gasteiger partial charge in [-0.3, -0.25) is 0 Å². The third-order valence-electron chi connectivity index (χ3n) is 5.57. The highest BCUT2D eigenvalue weighted by Gasteiger charge is 2.31. The van der Waals surface area contributed by atoms with Crippen molar-refractivity contribution < 1.29 is 0 Å². The van der Waals surface area contributed by atoms with E-state index in [1.165, 1.54) is 56.1 Å². The average Bonchev–Trinajstić information content (AvgIpc) is 2.53. The second-order valence-electron chi connectivity index (χ2n) is 6.87. The Hall–Kier alpha value is -0.820. The number of hydrogen-bond donors (Lipinski definition) is 1. The molecule has 0 aliphatic heterocycles. The largest absolute Gasteiger partial charge is 0.310 e. The van der Waals surface area contributed by atoms with Crippen LogP contribution < -0.4 is 5.32 Å². The Bertz CT molecular complexity index is 408. The van der Waals surface area contributed by atoms with Gasteiger partial charge in [0.15, 0.2) is 0 Å². The van der Waals surface area contributed by atoms with E-state index in [9.17, 15) is 0 Å². The van der Waals surface area contributed by atoms with Crippen molar-refractivity contribution in [3.8, 4) is 0 Å². The Balaban J connectivity index is 1.48. The molecule has 2 saturated carbocycles. The van der Waals surface area contributed by atoms with Crippen LogP contribution >= 0.6 is 0 Å². The van der Waals surface area contributed by atoms with Crippen LogP contribution in [0.2, 0.25) is 0 Å². The van der Waals surface area contributed by atoms with Gasteiger partial charge in [-0.25, -0.2) is 0 Å². The zero-order valence-corrected chi connectivity index (χ0v) is 12.9. The van der Waals surface area contributed by atoms with Gasteiger partial charge in [-0.05, 0) is 48.6 Å². The minimum absolute atomic E-state index is 0.764. The van der Waals surface area contributed by atoms with E-state index in [-0.39, 0.29) is 0 Å². The normalized spacial score (nSPS) is 29.9. The van der Waals surface area contributed by atoms with Gasteiger partial charge in [0.1, 0.15) is 0 Å². The summed E-state index contributed by atoms with van der Waals surface area (Å²) < 4.78 is 0. The Morgan fingerprint density at radius 1 is 0.900 bits per heavy atom. The third-order valence-corrected chi connectivity index (χ3v) is 5.57. The summed E-state index contributed by atoms with van der Waals surface area (Å²) in [6.07, 6.45) is 11.4. The van der Waals surface area contributed by atoms with Crippen molar-refractivity contribution in [1.29, 1.82) is 0 Å². The van der Waals surface area contributed by atoms with E-state index in [1.54, 1.807) is 0 Å². The highest BCUT2D eigenvalue weighted by Crippen LogP contribution is 2.40. The maximum Gasteiger partial charge on any atom is 0.0208 e. The van der Waals surface area contributed by atoms with E-state index in [2.05, 4.69) is 36.5 Å². The van der Waals surface area contributed by atoms with Gasteiger partial charge in [0, 0.05) is 12.6 Å². The Kier molecular flexibility index (Phi) is 4.77. The molecule has 20 heavy (non-hydrogen) atoms. The lowest BCUT2D eigenvalue weighted by atomic mass is 9.69. The summed E-state index contributed by atoms with van der Waals surface area (Å²) in [4.78, 5) is 0. The molecule has 0 aromatic heterocycles. The van der Waals surface area contributed by atoms with Crippen LogP contribution in [-0.4, -0.2) is 6.04 Å². The molecular formula is C19H29N. The molecule has 3 atom stereocenters. The first kappa shape index (κ1) is 14.1. The van der Waals surface area contributed by atoms with Crippen molar-refractivity contribution in [2.75, 3.05) is 0 Å². The number of aryl methyl sites for hydroxylation is 1. The summed E-state index contributed by atoms with van der Waals surface area (Å²) in [5, 5.41) is 3.81. The zero-order chi connectivity index (χ0) is 13.8. The minimum Gasteiger partial charge on any atom is -0.310 e. The maximum atomic E-state index is 3.81. The molecule has 2 fully saturated rings. The fourth-order valence-electron chi connectivity index (χ4n) is 4.21. The van der Waals surface area contributed by atoms with Crippen LogP contribution in [0.1, 0.15) is 63.0 Å². The summed E-state index contributed by atoms with van der Waals surface area (Å²) >= 11 is 0. The molecule has 2 aliphatic rings. The van der Waals surface area contributed by atoms with Gasteiger partial charge in [0.25, 0.3) is 0 Å². The smallest absolute Gasteiger partial charge is 0.0208 e. The van der Waals surface area contributed by atoms with Crippen LogP contribution in [0.4, 0.5) is 0 Å². The van der Waals surface area contributed by atoms with Crippen LogP contribution in [0.25, 0.3) is 0 Å². The molecule has 0 bridgehead atoms. The van der Waals surface area contributed by atoms with Crippen molar-refractivity contribution in [2.45, 2.75) is 70.9 Å². The molecule has 0 radical (unpaired) electrons. The van der Waals surface area contributed by atoms with Gasteiger partial charge in [0.05, 0.1) is 0 Å². The molecule has 1 heteroatoms. The summed E-state index contributed by atoms with van der Waals surface area (Å²) in [6.45, 7) is 3.27. The van der Waals surface area contributed by atoms with Crippen molar-refractivity contribution in [2.24, 2.45) is 11.8 Å². The van der Waals surface area contributed by atoms with E-state index in [0.717, 1.165) is 30.8 Å². The first-order valence-corrected chi connectivity index (χ1v) is 8.66. The first-order chi connectivity index (χ1) is 9.85. The van der Waals surface area contributed by atoms with Crippen LogP contribution in [0.5, 0.6) is 0 Å². The highest BCUT2D eigenvalue weighted by atomic mass is 14.9. The molecule has 2 aliphatic carbocycles.